The summed E-state index contributed by atoms with van der Waals surface area (Å²) in [6, 6.07) is 11.0. The first-order valence-electron chi connectivity index (χ1n) is 9.57. The number of benzene rings is 1. The van der Waals surface area contributed by atoms with Crippen LogP contribution in [-0.4, -0.2) is 47.9 Å². The molecular formula is C21H32N2O. The highest BCUT2D eigenvalue weighted by Crippen LogP contribution is 2.31. The summed E-state index contributed by atoms with van der Waals surface area (Å²) in [7, 11) is 0. The Kier molecular flexibility index (Phi) is 5.29. The summed E-state index contributed by atoms with van der Waals surface area (Å²) in [5.74, 6) is 0.998. The van der Waals surface area contributed by atoms with Crippen molar-refractivity contribution in [1.82, 2.24) is 9.80 Å². The van der Waals surface area contributed by atoms with Gasteiger partial charge >= 0.3 is 0 Å². The topological polar surface area (TPSA) is 23.6 Å². The molecule has 3 nitrogen and oxygen atoms in total. The lowest BCUT2D eigenvalue weighted by Crippen LogP contribution is -2.45. The molecule has 0 aliphatic carbocycles. The second kappa shape index (κ2) is 7.26. The highest BCUT2D eigenvalue weighted by molar-refractivity contribution is 5.78. The smallest absolute Gasteiger partial charge is 0.223 e. The van der Waals surface area contributed by atoms with Crippen LogP contribution in [-0.2, 0) is 10.2 Å². The predicted molar refractivity (Wildman–Crippen MR) is 99.0 cm³/mol. The van der Waals surface area contributed by atoms with Gasteiger partial charge in [0.25, 0.3) is 0 Å². The van der Waals surface area contributed by atoms with Gasteiger partial charge in [-0.1, -0.05) is 51.1 Å². The summed E-state index contributed by atoms with van der Waals surface area (Å²) in [5, 5.41) is 0. The Labute approximate surface area is 147 Å². The Morgan fingerprint density at radius 1 is 1.12 bits per heavy atom. The Hall–Kier alpha value is -1.35. The molecule has 3 aliphatic heterocycles. The van der Waals surface area contributed by atoms with Gasteiger partial charge in [-0.25, -0.2) is 0 Å². The second-order valence-electron chi connectivity index (χ2n) is 8.32. The summed E-state index contributed by atoms with van der Waals surface area (Å²) in [6.07, 6.45) is 4.36. The number of carbonyl (C=O) groups excluding carboxylic acids is 1. The minimum atomic E-state index is -0.104. The van der Waals surface area contributed by atoms with E-state index in [9.17, 15) is 4.79 Å². The van der Waals surface area contributed by atoms with E-state index in [0.29, 0.717) is 24.3 Å². The van der Waals surface area contributed by atoms with E-state index in [4.69, 9.17) is 0 Å². The minimum absolute atomic E-state index is 0.104. The zero-order valence-electron chi connectivity index (χ0n) is 15.5. The van der Waals surface area contributed by atoms with E-state index in [1.165, 1.54) is 37.9 Å². The van der Waals surface area contributed by atoms with Gasteiger partial charge in [0.05, 0.1) is 0 Å². The molecule has 132 valence electrons. The minimum Gasteiger partial charge on any atom is -0.341 e. The van der Waals surface area contributed by atoms with Gasteiger partial charge in [0, 0.05) is 32.1 Å². The normalized spacial score (nSPS) is 24.9. The molecule has 0 N–H and O–H groups in total. The molecule has 1 amide bonds. The van der Waals surface area contributed by atoms with Gasteiger partial charge in [0.1, 0.15) is 0 Å². The van der Waals surface area contributed by atoms with Gasteiger partial charge in [-0.15, -0.1) is 0 Å². The summed E-state index contributed by atoms with van der Waals surface area (Å²) in [5.41, 5.74) is 1.15. The number of nitrogens with zero attached hydrogens (tertiary/aromatic N) is 2. The molecule has 3 heteroatoms. The fraction of sp³-hybridized carbons (Fsp3) is 0.667. The maximum Gasteiger partial charge on any atom is 0.223 e. The van der Waals surface area contributed by atoms with Crippen molar-refractivity contribution >= 4 is 5.91 Å². The van der Waals surface area contributed by atoms with Crippen molar-refractivity contribution in [3.05, 3.63) is 35.9 Å². The maximum atomic E-state index is 13.0. The van der Waals surface area contributed by atoms with Crippen LogP contribution in [0.2, 0.25) is 0 Å². The van der Waals surface area contributed by atoms with Crippen LogP contribution in [0.4, 0.5) is 0 Å². The standard InChI is InChI=1S/C21H32N2O/c1-4-12-22-14-17-10-11-19(22)16-23(15-17)20(24)13-21(2,3)18-8-6-5-7-9-18/h5-9,17,19H,4,10-16H2,1-3H3/t17-,19-/m1/s1. The van der Waals surface area contributed by atoms with Crippen LogP contribution in [0.5, 0.6) is 0 Å². The van der Waals surface area contributed by atoms with Gasteiger partial charge in [0.15, 0.2) is 0 Å². The Morgan fingerprint density at radius 3 is 2.58 bits per heavy atom. The van der Waals surface area contributed by atoms with E-state index in [1.54, 1.807) is 0 Å². The fourth-order valence-electron chi connectivity index (χ4n) is 4.43. The van der Waals surface area contributed by atoms with E-state index in [1.807, 2.05) is 6.07 Å². The van der Waals surface area contributed by atoms with Crippen molar-refractivity contribution in [2.75, 3.05) is 26.2 Å². The van der Waals surface area contributed by atoms with E-state index < -0.39 is 0 Å². The molecule has 3 fully saturated rings. The third-order valence-corrected chi connectivity index (χ3v) is 5.84. The Balaban J connectivity index is 1.67. The molecular weight excluding hydrogens is 296 g/mol. The molecule has 3 saturated heterocycles. The van der Waals surface area contributed by atoms with E-state index in [-0.39, 0.29) is 5.41 Å². The largest absolute Gasteiger partial charge is 0.341 e. The lowest BCUT2D eigenvalue weighted by atomic mass is 9.81. The Bertz CT molecular complexity index is 554. The Morgan fingerprint density at radius 2 is 1.88 bits per heavy atom. The zero-order chi connectivity index (χ0) is 17.2. The molecule has 3 aliphatic rings. The quantitative estimate of drug-likeness (QED) is 0.823. The van der Waals surface area contributed by atoms with Crippen LogP contribution in [0.15, 0.2) is 30.3 Å². The molecule has 3 heterocycles. The van der Waals surface area contributed by atoms with Crippen LogP contribution in [0.25, 0.3) is 0 Å². The first kappa shape index (κ1) is 17.5. The predicted octanol–water partition coefficient (Wildman–Crippen LogP) is 3.69. The van der Waals surface area contributed by atoms with E-state index >= 15 is 0 Å². The lowest BCUT2D eigenvalue weighted by molar-refractivity contribution is -0.132. The average molecular weight is 328 g/mol. The highest BCUT2D eigenvalue weighted by Gasteiger charge is 2.37. The van der Waals surface area contributed by atoms with Gasteiger partial charge in [0.2, 0.25) is 5.91 Å². The van der Waals surface area contributed by atoms with Gasteiger partial charge in [-0.05, 0) is 42.7 Å². The monoisotopic (exact) mass is 328 g/mol. The molecule has 0 unspecified atom stereocenters. The SMILES string of the molecule is CCCN1C[C@H]2CC[C@@H]1CN(C(=O)CC(C)(C)c1ccccc1)C2. The van der Waals surface area contributed by atoms with Crippen molar-refractivity contribution in [1.29, 1.82) is 0 Å². The van der Waals surface area contributed by atoms with E-state index in [2.05, 4.69) is 54.8 Å². The fourth-order valence-corrected chi connectivity index (χ4v) is 4.43. The van der Waals surface area contributed by atoms with Crippen LogP contribution in [0, 0.1) is 5.92 Å². The number of hydrogen-bond donors (Lipinski definition) is 0. The van der Waals surface area contributed by atoms with Crippen molar-refractivity contribution in [2.24, 2.45) is 5.92 Å². The molecule has 0 spiro atoms. The van der Waals surface area contributed by atoms with Crippen molar-refractivity contribution in [3.8, 4) is 0 Å². The number of carbonyl (C=O) groups is 1. The first-order valence-corrected chi connectivity index (χ1v) is 9.57. The molecule has 1 aromatic carbocycles. The molecule has 2 atom stereocenters. The molecule has 24 heavy (non-hydrogen) atoms. The second-order valence-corrected chi connectivity index (χ2v) is 8.32. The van der Waals surface area contributed by atoms with Crippen LogP contribution < -0.4 is 0 Å². The van der Waals surface area contributed by atoms with Crippen LogP contribution in [0.1, 0.15) is 52.0 Å². The molecule has 0 radical (unpaired) electrons. The van der Waals surface area contributed by atoms with Gasteiger partial charge < -0.3 is 4.90 Å². The lowest BCUT2D eigenvalue weighted by Gasteiger charge is -2.35. The molecule has 4 rings (SSSR count). The molecule has 2 bridgehead atoms. The number of amides is 1. The number of rotatable bonds is 5. The zero-order valence-corrected chi connectivity index (χ0v) is 15.5. The highest BCUT2D eigenvalue weighted by atomic mass is 16.2. The van der Waals surface area contributed by atoms with E-state index in [0.717, 1.165) is 13.1 Å². The first-order chi connectivity index (χ1) is 11.5. The number of fused-ring (bicyclic) bond motifs is 4. The van der Waals surface area contributed by atoms with Crippen molar-refractivity contribution in [2.45, 2.75) is 57.9 Å². The summed E-state index contributed by atoms with van der Waals surface area (Å²) in [6.45, 7) is 10.9. The van der Waals surface area contributed by atoms with Crippen molar-refractivity contribution in [3.63, 3.8) is 0 Å². The summed E-state index contributed by atoms with van der Waals surface area (Å²) >= 11 is 0. The third-order valence-electron chi connectivity index (χ3n) is 5.84. The maximum absolute atomic E-state index is 13.0. The molecule has 0 aromatic heterocycles. The van der Waals surface area contributed by atoms with Gasteiger partial charge in [-0.2, -0.15) is 0 Å². The average Bonchev–Trinajstić information content (AvgIpc) is 2.88. The van der Waals surface area contributed by atoms with Crippen LogP contribution in [0.3, 0.4) is 0 Å². The molecule has 0 saturated carbocycles. The molecule has 1 aromatic rings. The van der Waals surface area contributed by atoms with Crippen LogP contribution >= 0.6 is 0 Å². The van der Waals surface area contributed by atoms with Gasteiger partial charge in [-0.3, -0.25) is 9.69 Å². The third kappa shape index (κ3) is 3.83. The number of hydrogen-bond acceptors (Lipinski definition) is 2. The summed E-state index contributed by atoms with van der Waals surface area (Å²) < 4.78 is 0. The van der Waals surface area contributed by atoms with Crippen molar-refractivity contribution < 1.29 is 4.79 Å². The number of piperidine rings is 1. The summed E-state index contributed by atoms with van der Waals surface area (Å²) in [4.78, 5) is 17.8.